The van der Waals surface area contributed by atoms with Crippen molar-refractivity contribution in [2.24, 2.45) is 0 Å². The van der Waals surface area contributed by atoms with Crippen molar-refractivity contribution < 1.29 is 9.53 Å². The average molecular weight is 190 g/mol. The lowest BCUT2D eigenvalue weighted by atomic mass is 9.95. The fourth-order valence-corrected chi connectivity index (χ4v) is 1.91. The van der Waals surface area contributed by atoms with Gasteiger partial charge < -0.3 is 9.53 Å². The normalized spacial score (nSPS) is 14.9. The molecule has 74 valence electrons. The molecular weight excluding hydrogens is 176 g/mol. The van der Waals surface area contributed by atoms with Crippen LogP contribution in [0.5, 0.6) is 0 Å². The number of rotatable bonds is 3. The second kappa shape index (κ2) is 4.38. The summed E-state index contributed by atoms with van der Waals surface area (Å²) in [5, 5.41) is 0. The fraction of sp³-hybridized carbons (Fsp3) is 0.417. The first kappa shape index (κ1) is 9.41. The Morgan fingerprint density at radius 2 is 2.36 bits per heavy atom. The summed E-state index contributed by atoms with van der Waals surface area (Å²) in [6.45, 7) is 1.54. The highest BCUT2D eigenvalue weighted by atomic mass is 16.5. The number of aryl methyl sites for hydroxylation is 1. The van der Waals surface area contributed by atoms with Gasteiger partial charge in [0.25, 0.3) is 0 Å². The van der Waals surface area contributed by atoms with E-state index >= 15 is 0 Å². The van der Waals surface area contributed by atoms with Gasteiger partial charge in [-0.05, 0) is 29.5 Å². The van der Waals surface area contributed by atoms with Gasteiger partial charge in [0, 0.05) is 6.42 Å². The fourth-order valence-electron chi connectivity index (χ4n) is 1.91. The van der Waals surface area contributed by atoms with E-state index in [0.717, 1.165) is 25.7 Å². The summed E-state index contributed by atoms with van der Waals surface area (Å²) in [6, 6.07) is 6.32. The van der Waals surface area contributed by atoms with E-state index in [9.17, 15) is 4.79 Å². The molecule has 0 aromatic heterocycles. The molecule has 0 atom stereocenters. The molecule has 1 heterocycles. The van der Waals surface area contributed by atoms with Gasteiger partial charge in [-0.1, -0.05) is 18.2 Å². The molecule has 1 aliphatic rings. The summed E-state index contributed by atoms with van der Waals surface area (Å²) in [5.74, 6) is 0. The Kier molecular flexibility index (Phi) is 2.94. The van der Waals surface area contributed by atoms with Gasteiger partial charge in [-0.25, -0.2) is 0 Å². The minimum atomic E-state index is 0.608. The molecule has 1 aromatic carbocycles. The Bertz CT molecular complexity index is 331. The minimum Gasteiger partial charge on any atom is -0.376 e. The first-order valence-corrected chi connectivity index (χ1v) is 5.03. The van der Waals surface area contributed by atoms with Gasteiger partial charge in [0.2, 0.25) is 0 Å². The zero-order valence-corrected chi connectivity index (χ0v) is 8.16. The van der Waals surface area contributed by atoms with Gasteiger partial charge >= 0.3 is 0 Å². The largest absolute Gasteiger partial charge is 0.376 e. The summed E-state index contributed by atoms with van der Waals surface area (Å²) in [6.07, 6.45) is 3.43. The van der Waals surface area contributed by atoms with E-state index in [1.54, 1.807) is 0 Å². The third-order valence-electron chi connectivity index (χ3n) is 2.66. The summed E-state index contributed by atoms with van der Waals surface area (Å²) in [7, 11) is 0. The highest BCUT2D eigenvalue weighted by Gasteiger charge is 2.12. The molecular formula is C12H14O2. The molecule has 0 saturated heterocycles. The highest BCUT2D eigenvalue weighted by Crippen LogP contribution is 2.21. The van der Waals surface area contributed by atoms with Crippen LogP contribution >= 0.6 is 0 Å². The van der Waals surface area contributed by atoms with E-state index in [1.165, 1.54) is 16.7 Å². The molecule has 1 aliphatic heterocycles. The van der Waals surface area contributed by atoms with Crippen molar-refractivity contribution in [3.8, 4) is 0 Å². The molecule has 1 aromatic rings. The van der Waals surface area contributed by atoms with Crippen molar-refractivity contribution in [2.45, 2.75) is 25.9 Å². The average Bonchev–Trinajstić information content (AvgIpc) is 2.26. The maximum Gasteiger partial charge on any atom is 0.120 e. The molecule has 0 bridgehead atoms. The van der Waals surface area contributed by atoms with Crippen LogP contribution in [0, 0.1) is 0 Å². The lowest BCUT2D eigenvalue weighted by Gasteiger charge is -2.19. The maximum absolute atomic E-state index is 10.3. The van der Waals surface area contributed by atoms with Crippen molar-refractivity contribution in [3.63, 3.8) is 0 Å². The number of fused-ring (bicyclic) bond motifs is 1. The van der Waals surface area contributed by atoms with Crippen LogP contribution in [0.25, 0.3) is 0 Å². The summed E-state index contributed by atoms with van der Waals surface area (Å²) >= 11 is 0. The standard InChI is InChI=1S/C12H14O2/c13-7-2-5-10-3-1-4-11-6-8-14-9-12(10)11/h1,3-4,7H,2,5-6,8-9H2. The van der Waals surface area contributed by atoms with Gasteiger partial charge in [-0.2, -0.15) is 0 Å². The Balaban J connectivity index is 2.25. The summed E-state index contributed by atoms with van der Waals surface area (Å²) in [4.78, 5) is 10.3. The smallest absolute Gasteiger partial charge is 0.120 e. The van der Waals surface area contributed by atoms with E-state index < -0.39 is 0 Å². The van der Waals surface area contributed by atoms with Crippen LogP contribution in [-0.2, 0) is 29.0 Å². The molecule has 0 saturated carbocycles. The second-order valence-corrected chi connectivity index (χ2v) is 3.56. The van der Waals surface area contributed by atoms with Crippen LogP contribution < -0.4 is 0 Å². The van der Waals surface area contributed by atoms with Crippen LogP contribution in [0.3, 0.4) is 0 Å². The molecule has 14 heavy (non-hydrogen) atoms. The Morgan fingerprint density at radius 1 is 1.43 bits per heavy atom. The van der Waals surface area contributed by atoms with Crippen LogP contribution in [0.2, 0.25) is 0 Å². The predicted molar refractivity (Wildman–Crippen MR) is 54.2 cm³/mol. The van der Waals surface area contributed by atoms with Gasteiger partial charge in [-0.15, -0.1) is 0 Å². The molecule has 2 rings (SSSR count). The van der Waals surface area contributed by atoms with Crippen molar-refractivity contribution >= 4 is 6.29 Å². The topological polar surface area (TPSA) is 26.3 Å². The lowest BCUT2D eigenvalue weighted by molar-refractivity contribution is -0.107. The van der Waals surface area contributed by atoms with Crippen molar-refractivity contribution in [3.05, 3.63) is 34.9 Å². The highest BCUT2D eigenvalue weighted by molar-refractivity contribution is 5.50. The van der Waals surface area contributed by atoms with Crippen LogP contribution in [0.15, 0.2) is 18.2 Å². The molecule has 0 unspecified atom stereocenters. The lowest BCUT2D eigenvalue weighted by Crippen LogP contribution is -2.12. The van der Waals surface area contributed by atoms with Crippen LogP contribution in [0.4, 0.5) is 0 Å². The molecule has 0 spiro atoms. The maximum atomic E-state index is 10.3. The number of carbonyl (C=O) groups is 1. The molecule has 0 radical (unpaired) electrons. The SMILES string of the molecule is O=CCCc1cccc2c1COCC2. The Labute approximate surface area is 83.9 Å². The third kappa shape index (κ3) is 1.85. The van der Waals surface area contributed by atoms with E-state index in [2.05, 4.69) is 18.2 Å². The van der Waals surface area contributed by atoms with Gasteiger partial charge in [-0.3, -0.25) is 0 Å². The van der Waals surface area contributed by atoms with E-state index in [4.69, 9.17) is 4.74 Å². The third-order valence-corrected chi connectivity index (χ3v) is 2.66. The van der Waals surface area contributed by atoms with E-state index in [0.29, 0.717) is 13.0 Å². The number of aldehydes is 1. The number of hydrogen-bond donors (Lipinski definition) is 0. The zero-order chi connectivity index (χ0) is 9.80. The molecule has 2 nitrogen and oxygen atoms in total. The number of carbonyl (C=O) groups excluding carboxylic acids is 1. The predicted octanol–water partition coefficient (Wildman–Crippen LogP) is 1.89. The second-order valence-electron chi connectivity index (χ2n) is 3.56. The monoisotopic (exact) mass is 190 g/mol. The molecule has 0 aliphatic carbocycles. The summed E-state index contributed by atoms with van der Waals surface area (Å²) in [5.41, 5.74) is 3.97. The first-order valence-electron chi connectivity index (χ1n) is 5.03. The molecule has 0 fully saturated rings. The van der Waals surface area contributed by atoms with Crippen LogP contribution in [0.1, 0.15) is 23.1 Å². The number of benzene rings is 1. The number of ether oxygens (including phenoxy) is 1. The molecule has 0 N–H and O–H groups in total. The Morgan fingerprint density at radius 3 is 3.21 bits per heavy atom. The number of hydrogen-bond acceptors (Lipinski definition) is 2. The summed E-state index contributed by atoms with van der Waals surface area (Å²) < 4.78 is 5.43. The van der Waals surface area contributed by atoms with Gasteiger partial charge in [0.1, 0.15) is 6.29 Å². The van der Waals surface area contributed by atoms with Crippen molar-refractivity contribution in [2.75, 3.05) is 6.61 Å². The van der Waals surface area contributed by atoms with E-state index in [1.807, 2.05) is 0 Å². The quantitative estimate of drug-likeness (QED) is 0.680. The Hall–Kier alpha value is -1.15. The van der Waals surface area contributed by atoms with Gasteiger partial charge in [0.15, 0.2) is 0 Å². The zero-order valence-electron chi connectivity index (χ0n) is 8.16. The van der Waals surface area contributed by atoms with Crippen molar-refractivity contribution in [1.82, 2.24) is 0 Å². The van der Waals surface area contributed by atoms with Gasteiger partial charge in [0.05, 0.1) is 13.2 Å². The van der Waals surface area contributed by atoms with Crippen molar-refractivity contribution in [1.29, 1.82) is 0 Å². The molecule has 0 amide bonds. The molecule has 2 heteroatoms. The minimum absolute atomic E-state index is 0.608. The first-order chi connectivity index (χ1) is 6.92. The van der Waals surface area contributed by atoms with Crippen LogP contribution in [-0.4, -0.2) is 12.9 Å². The van der Waals surface area contributed by atoms with E-state index in [-0.39, 0.29) is 0 Å².